The molecule has 3 aliphatic rings. The number of ether oxygens (including phenoxy) is 1. The minimum absolute atomic E-state index is 0.0406. The lowest BCUT2D eigenvalue weighted by Gasteiger charge is -2.44. The van der Waals surface area contributed by atoms with Crippen LogP contribution in [0.4, 0.5) is 11.4 Å². The summed E-state index contributed by atoms with van der Waals surface area (Å²) in [5, 5.41) is 22.8. The number of fused-ring (bicyclic) bond motifs is 2. The predicted molar refractivity (Wildman–Crippen MR) is 291 cm³/mol. The fraction of sp³-hybridized carbons (Fsp3) is 0.386. The van der Waals surface area contributed by atoms with Crippen molar-refractivity contribution >= 4 is 79.3 Å². The zero-order valence-electron chi connectivity index (χ0n) is 43.0. The molecule has 6 atom stereocenters. The number of rotatable bonds is 18. The minimum atomic E-state index is -1.83. The molecule has 0 aromatic heterocycles. The number of benzene rings is 5. The van der Waals surface area contributed by atoms with E-state index in [4.69, 9.17) is 4.74 Å². The first-order valence-electron chi connectivity index (χ1n) is 25.6. The number of para-hydroxylation sites is 2. The van der Waals surface area contributed by atoms with Gasteiger partial charge in [0, 0.05) is 46.1 Å². The summed E-state index contributed by atoms with van der Waals surface area (Å²) in [5.41, 5.74) is 0.969. The van der Waals surface area contributed by atoms with Crippen LogP contribution in [0, 0.1) is 11.8 Å². The van der Waals surface area contributed by atoms with E-state index >= 15 is 4.79 Å². The van der Waals surface area contributed by atoms with Gasteiger partial charge in [-0.1, -0.05) is 89.8 Å². The van der Waals surface area contributed by atoms with Crippen molar-refractivity contribution in [3.05, 3.63) is 136 Å². The topological polar surface area (TPSA) is 219 Å². The van der Waals surface area contributed by atoms with Crippen molar-refractivity contribution in [3.63, 3.8) is 0 Å². The van der Waals surface area contributed by atoms with Gasteiger partial charge >= 0.3 is 0 Å². The Morgan fingerprint density at radius 1 is 0.787 bits per heavy atom. The van der Waals surface area contributed by atoms with E-state index in [1.807, 2.05) is 60.7 Å². The van der Waals surface area contributed by atoms with Crippen LogP contribution in [0.3, 0.4) is 0 Å². The third-order valence-electron chi connectivity index (χ3n) is 15.0. The number of carbonyl (C=O) groups is 7. The predicted octanol–water partition coefficient (Wildman–Crippen LogP) is 5.49. The first-order valence-corrected chi connectivity index (χ1v) is 26.4. The average molecular weight is 1090 g/mol. The molecule has 7 N–H and O–H groups in total. The second-order valence-electron chi connectivity index (χ2n) is 19.6. The average Bonchev–Trinajstić information content (AvgIpc) is 3.91. The molecule has 8 rings (SSSR count). The highest BCUT2D eigenvalue weighted by molar-refractivity contribution is 9.10. The molecule has 0 unspecified atom stereocenters. The van der Waals surface area contributed by atoms with Gasteiger partial charge in [0.15, 0.2) is 11.4 Å². The highest BCUT2D eigenvalue weighted by atomic mass is 79.9. The normalized spacial score (nSPS) is 19.4. The Labute approximate surface area is 445 Å². The summed E-state index contributed by atoms with van der Waals surface area (Å²) in [6.07, 6.45) is 3.80. The second kappa shape index (κ2) is 24.1. The molecule has 1 saturated carbocycles. The SMILES string of the molecule is CN[C@@H](C)C(=O)N[C@H]1CN(C(=O)c2ccc(C(=O)N[C@@](NC(=O)[C@H](C)NC)(C(=O)[C@@H]3CN[C@H](C(=O)NCc4ccccc4)C3)C3CCCCC3)cc2)c2ccccc2N(Cc2c(OC)ccc3cc(Br)ccc23)C1=O. The zero-order chi connectivity index (χ0) is 53.4. The van der Waals surface area contributed by atoms with E-state index in [0.29, 0.717) is 36.5 Å². The number of likely N-dealkylation sites (N-methyl/N-ethyl adjacent to an activating group) is 2. The molecule has 2 aliphatic heterocycles. The summed E-state index contributed by atoms with van der Waals surface area (Å²) in [4.78, 5) is 104. The van der Waals surface area contributed by atoms with Crippen LogP contribution in [-0.4, -0.2) is 105 Å². The fourth-order valence-electron chi connectivity index (χ4n) is 10.4. The molecule has 1 aliphatic carbocycles. The van der Waals surface area contributed by atoms with E-state index in [2.05, 4.69) is 53.1 Å². The van der Waals surface area contributed by atoms with Crippen LogP contribution in [-0.2, 0) is 37.1 Å². The molecule has 2 fully saturated rings. The number of amides is 6. The lowest BCUT2D eigenvalue weighted by atomic mass is 9.74. The summed E-state index contributed by atoms with van der Waals surface area (Å²) >= 11 is 3.56. The number of ketones is 1. The van der Waals surface area contributed by atoms with Crippen LogP contribution in [0.15, 0.2) is 114 Å². The number of Topliss-reactive ketones (excluding diaryl/α,β-unsaturated/α-hetero) is 1. The maximum atomic E-state index is 15.2. The Bertz CT molecular complexity index is 2930. The first kappa shape index (κ1) is 54.3. The Kier molecular flexibility index (Phi) is 17.5. The number of nitrogens with one attached hydrogen (secondary N) is 7. The highest BCUT2D eigenvalue weighted by Gasteiger charge is 2.52. The monoisotopic (exact) mass is 1080 g/mol. The number of anilines is 2. The molecule has 0 radical (unpaired) electrons. The maximum Gasteiger partial charge on any atom is 0.258 e. The number of methoxy groups -OCH3 is 1. The molecule has 0 bridgehead atoms. The van der Waals surface area contributed by atoms with Crippen LogP contribution >= 0.6 is 15.9 Å². The van der Waals surface area contributed by atoms with Crippen LogP contribution in [0.5, 0.6) is 5.75 Å². The van der Waals surface area contributed by atoms with Gasteiger partial charge < -0.3 is 51.8 Å². The Morgan fingerprint density at radius 2 is 1.45 bits per heavy atom. The van der Waals surface area contributed by atoms with Gasteiger partial charge in [0.1, 0.15) is 11.8 Å². The van der Waals surface area contributed by atoms with Gasteiger partial charge in [-0.25, -0.2) is 0 Å². The van der Waals surface area contributed by atoms with Crippen molar-refractivity contribution in [2.75, 3.05) is 44.1 Å². The van der Waals surface area contributed by atoms with Crippen molar-refractivity contribution in [2.24, 2.45) is 11.8 Å². The molecule has 17 nitrogen and oxygen atoms in total. The number of hydrogen-bond donors (Lipinski definition) is 7. The molecule has 5 aromatic rings. The fourth-order valence-corrected chi connectivity index (χ4v) is 10.8. The van der Waals surface area contributed by atoms with Gasteiger partial charge in [-0.2, -0.15) is 0 Å². The van der Waals surface area contributed by atoms with Crippen molar-refractivity contribution in [2.45, 2.75) is 95.3 Å². The zero-order valence-corrected chi connectivity index (χ0v) is 44.6. The van der Waals surface area contributed by atoms with Crippen LogP contribution < -0.4 is 51.8 Å². The maximum absolute atomic E-state index is 15.2. The smallest absolute Gasteiger partial charge is 0.258 e. The van der Waals surface area contributed by atoms with Gasteiger partial charge in [0.25, 0.3) is 17.7 Å². The second-order valence-corrected chi connectivity index (χ2v) is 20.6. The standard InChI is InChI=1S/C57H66BrN9O8/c1-34(59-3)51(69)63-46-33-67(48-19-13-12-18-47(48)66(56(46)74)32-44-43-26-25-42(58)28-39(43)24-27-49(44)75-5)55(73)38-22-20-37(21-23-38)53(71)65-57(41-16-10-7-11-17-41,64-52(70)35(2)60-4)50(68)40-29-45(61-31-40)54(72)62-30-36-14-8-6-9-15-36/h6,8-9,12-15,18-28,34-35,40-41,45-46,59-61H,7,10-11,16-17,29-33H2,1-5H3,(H,62,72)(H,63,69)(H,64,70)(H,65,71)/t34-,35-,40-,45-,46-,57+/m0/s1. The Balaban J connectivity index is 1.09. The molecule has 6 amide bonds. The number of nitrogens with zero attached hydrogens (tertiary/aromatic N) is 2. The van der Waals surface area contributed by atoms with Crippen molar-refractivity contribution in [1.29, 1.82) is 0 Å². The van der Waals surface area contributed by atoms with Crippen LogP contribution in [0.2, 0.25) is 0 Å². The molecule has 0 spiro atoms. The van der Waals surface area contributed by atoms with Gasteiger partial charge in [0.05, 0.1) is 49.7 Å². The molecule has 18 heteroatoms. The third kappa shape index (κ3) is 11.9. The van der Waals surface area contributed by atoms with Crippen LogP contribution in [0.1, 0.15) is 84.2 Å². The molecular formula is C57H66BrN9O8. The van der Waals surface area contributed by atoms with E-state index in [1.54, 1.807) is 64.2 Å². The Morgan fingerprint density at radius 3 is 2.15 bits per heavy atom. The molecule has 394 valence electrons. The lowest BCUT2D eigenvalue weighted by Crippen LogP contribution is -2.72. The summed E-state index contributed by atoms with van der Waals surface area (Å²) in [5.74, 6) is -3.79. The van der Waals surface area contributed by atoms with E-state index in [-0.39, 0.29) is 43.1 Å². The molecular weight excluding hydrogens is 1020 g/mol. The molecule has 75 heavy (non-hydrogen) atoms. The molecule has 5 aromatic carbocycles. The van der Waals surface area contributed by atoms with Gasteiger partial charge in [-0.15, -0.1) is 0 Å². The number of halogens is 1. The summed E-state index contributed by atoms with van der Waals surface area (Å²) in [6.45, 7) is 3.64. The van der Waals surface area contributed by atoms with E-state index < -0.39 is 77.0 Å². The third-order valence-corrected chi connectivity index (χ3v) is 15.4. The van der Waals surface area contributed by atoms with Crippen molar-refractivity contribution < 1.29 is 38.3 Å². The number of carbonyl (C=O) groups excluding carboxylic acids is 7. The molecule has 1 saturated heterocycles. The summed E-state index contributed by atoms with van der Waals surface area (Å²) in [7, 11) is 4.84. The quantitative estimate of drug-likeness (QED) is 0.0545. The highest BCUT2D eigenvalue weighted by Crippen LogP contribution is 2.39. The van der Waals surface area contributed by atoms with Gasteiger partial charge in [-0.3, -0.25) is 33.6 Å². The van der Waals surface area contributed by atoms with Gasteiger partial charge in [0.2, 0.25) is 17.7 Å². The largest absolute Gasteiger partial charge is 0.496 e. The molecule has 2 heterocycles. The number of hydrogen-bond acceptors (Lipinski definition) is 11. The lowest BCUT2D eigenvalue weighted by molar-refractivity contribution is -0.139. The van der Waals surface area contributed by atoms with E-state index in [1.165, 1.54) is 29.2 Å². The summed E-state index contributed by atoms with van der Waals surface area (Å²) in [6, 6.07) is 28.9. The van der Waals surface area contributed by atoms with E-state index in [9.17, 15) is 28.8 Å². The summed E-state index contributed by atoms with van der Waals surface area (Å²) < 4.78 is 6.72. The van der Waals surface area contributed by atoms with Crippen LogP contribution in [0.25, 0.3) is 10.8 Å². The van der Waals surface area contributed by atoms with E-state index in [0.717, 1.165) is 45.6 Å². The van der Waals surface area contributed by atoms with Crippen molar-refractivity contribution in [1.82, 2.24) is 37.2 Å². The van der Waals surface area contributed by atoms with Crippen molar-refractivity contribution in [3.8, 4) is 5.75 Å². The minimum Gasteiger partial charge on any atom is -0.496 e. The van der Waals surface area contributed by atoms with Gasteiger partial charge in [-0.05, 0) is 118 Å². The Hall–Kier alpha value is -6.99. The first-order chi connectivity index (χ1) is 36.2.